The average Bonchev–Trinajstić information content (AvgIpc) is 3.26. The summed E-state index contributed by atoms with van der Waals surface area (Å²) in [5.74, 6) is 0.708. The lowest BCUT2D eigenvalue weighted by atomic mass is 9.90. The second-order valence-corrected chi connectivity index (χ2v) is 13.6. The van der Waals surface area contributed by atoms with E-state index in [4.69, 9.17) is 15.0 Å². The monoisotopic (exact) mass is 687 g/mol. The van der Waals surface area contributed by atoms with Gasteiger partial charge in [0, 0.05) is 27.6 Å². The molecule has 3 nitrogen and oxygen atoms in total. The minimum Gasteiger partial charge on any atom is -0.248 e. The minimum atomic E-state index is 0.708. The summed E-state index contributed by atoms with van der Waals surface area (Å²) in [7, 11) is 0. The van der Waals surface area contributed by atoms with Gasteiger partial charge in [0.2, 0.25) is 0 Å². The molecule has 2 heterocycles. The summed E-state index contributed by atoms with van der Waals surface area (Å²) in [4.78, 5) is 15.4. The molecule has 0 spiro atoms. The van der Waals surface area contributed by atoms with Crippen LogP contribution in [0.4, 0.5) is 0 Å². The molecule has 252 valence electrons. The van der Waals surface area contributed by atoms with Crippen LogP contribution in [0.25, 0.3) is 99.9 Å². The van der Waals surface area contributed by atoms with Crippen LogP contribution in [-0.4, -0.2) is 15.0 Å². The zero-order chi connectivity index (χ0) is 35.8. The molecule has 0 fully saturated rings. The maximum absolute atomic E-state index is 5.18. The third kappa shape index (κ3) is 5.69. The summed E-state index contributed by atoms with van der Waals surface area (Å²) in [6, 6.07) is 70.4. The number of fused-ring (bicyclic) bond motifs is 4. The molecule has 0 amide bonds. The van der Waals surface area contributed by atoms with E-state index in [-0.39, 0.29) is 0 Å². The zero-order valence-electron chi connectivity index (χ0n) is 29.4. The second kappa shape index (κ2) is 13.4. The van der Waals surface area contributed by atoms with Crippen molar-refractivity contribution in [3.05, 3.63) is 200 Å². The Bertz CT molecular complexity index is 2920. The number of rotatable bonds is 6. The maximum Gasteiger partial charge on any atom is 0.160 e. The molecular weight excluding hydrogens is 655 g/mol. The topological polar surface area (TPSA) is 38.7 Å². The molecule has 0 atom stereocenters. The van der Waals surface area contributed by atoms with Gasteiger partial charge >= 0.3 is 0 Å². The fourth-order valence-corrected chi connectivity index (χ4v) is 7.68. The van der Waals surface area contributed by atoms with Gasteiger partial charge in [-0.3, -0.25) is 0 Å². The predicted octanol–water partition coefficient (Wildman–Crippen LogP) is 13.3. The van der Waals surface area contributed by atoms with Crippen LogP contribution in [0.1, 0.15) is 0 Å². The van der Waals surface area contributed by atoms with Gasteiger partial charge < -0.3 is 0 Å². The van der Waals surface area contributed by atoms with Crippen LogP contribution in [0.15, 0.2) is 200 Å². The number of aromatic nitrogens is 3. The first kappa shape index (κ1) is 31.5. The number of hydrogen-bond donors (Lipinski definition) is 0. The molecule has 3 heteroatoms. The van der Waals surface area contributed by atoms with Crippen molar-refractivity contribution >= 4 is 32.4 Å². The van der Waals surface area contributed by atoms with Crippen molar-refractivity contribution in [1.29, 1.82) is 0 Å². The van der Waals surface area contributed by atoms with Crippen molar-refractivity contribution in [2.75, 3.05) is 0 Å². The van der Waals surface area contributed by atoms with Gasteiger partial charge in [0.05, 0.1) is 22.6 Å². The Hall–Kier alpha value is -7.23. The summed E-state index contributed by atoms with van der Waals surface area (Å²) in [6.07, 6.45) is 0. The van der Waals surface area contributed by atoms with Crippen molar-refractivity contribution in [1.82, 2.24) is 15.0 Å². The van der Waals surface area contributed by atoms with E-state index in [1.165, 1.54) is 27.3 Å². The molecule has 0 bridgehead atoms. The van der Waals surface area contributed by atoms with Crippen molar-refractivity contribution < 1.29 is 0 Å². The van der Waals surface area contributed by atoms with Gasteiger partial charge in [0.25, 0.3) is 0 Å². The molecular formula is C51H33N3. The molecule has 8 aromatic carbocycles. The summed E-state index contributed by atoms with van der Waals surface area (Å²) >= 11 is 0. The van der Waals surface area contributed by atoms with E-state index in [0.29, 0.717) is 5.82 Å². The lowest BCUT2D eigenvalue weighted by Crippen LogP contribution is -1.96. The van der Waals surface area contributed by atoms with Gasteiger partial charge in [0.1, 0.15) is 0 Å². The van der Waals surface area contributed by atoms with Gasteiger partial charge in [-0.15, -0.1) is 0 Å². The molecule has 0 saturated heterocycles. The fourth-order valence-electron chi connectivity index (χ4n) is 7.68. The third-order valence-corrected chi connectivity index (χ3v) is 10.3. The van der Waals surface area contributed by atoms with Gasteiger partial charge in [-0.2, -0.15) is 0 Å². The van der Waals surface area contributed by atoms with E-state index in [2.05, 4.69) is 170 Å². The van der Waals surface area contributed by atoms with E-state index in [0.717, 1.165) is 66.8 Å². The molecule has 0 saturated carbocycles. The fraction of sp³-hybridized carbons (Fsp3) is 0. The normalized spacial score (nSPS) is 11.3. The van der Waals surface area contributed by atoms with Crippen LogP contribution in [0.3, 0.4) is 0 Å². The van der Waals surface area contributed by atoms with Gasteiger partial charge in [-0.05, 0) is 68.1 Å². The van der Waals surface area contributed by atoms with Crippen molar-refractivity contribution in [3.63, 3.8) is 0 Å². The molecule has 0 radical (unpaired) electrons. The van der Waals surface area contributed by atoms with Crippen molar-refractivity contribution in [2.45, 2.75) is 0 Å². The summed E-state index contributed by atoms with van der Waals surface area (Å²) in [5, 5.41) is 5.88. The van der Waals surface area contributed by atoms with Gasteiger partial charge in [0.15, 0.2) is 5.82 Å². The quantitative estimate of drug-likeness (QED) is 0.163. The van der Waals surface area contributed by atoms with Crippen LogP contribution in [0.5, 0.6) is 0 Å². The Morgan fingerprint density at radius 3 is 1.50 bits per heavy atom. The molecule has 2 aromatic heterocycles. The van der Waals surface area contributed by atoms with Crippen LogP contribution in [0.2, 0.25) is 0 Å². The number of nitrogens with zero attached hydrogens (tertiary/aromatic N) is 3. The van der Waals surface area contributed by atoms with Crippen molar-refractivity contribution in [3.8, 4) is 67.4 Å². The highest BCUT2D eigenvalue weighted by Gasteiger charge is 2.17. The van der Waals surface area contributed by atoms with Crippen LogP contribution in [-0.2, 0) is 0 Å². The number of hydrogen-bond acceptors (Lipinski definition) is 3. The summed E-state index contributed by atoms with van der Waals surface area (Å²) in [5.41, 5.74) is 12.6. The highest BCUT2D eigenvalue weighted by molar-refractivity contribution is 6.14. The standard InChI is InChI=1S/C51H33N3/c1-4-16-35(17-5-1)47-32-45(50-41-24-11-10-15-34(41)27-30-46(50)52-47)39-23-14-22-38(31-39)40-28-29-44(43-26-13-12-25-42(40)43)49-33-48(36-18-6-2-7-19-36)53-51(54-49)37-20-8-3-9-21-37/h1-33H. The smallest absolute Gasteiger partial charge is 0.160 e. The Morgan fingerprint density at radius 2 is 0.796 bits per heavy atom. The highest BCUT2D eigenvalue weighted by atomic mass is 14.9. The van der Waals surface area contributed by atoms with Crippen LogP contribution < -0.4 is 0 Å². The van der Waals surface area contributed by atoms with Crippen LogP contribution in [0, 0.1) is 0 Å². The van der Waals surface area contributed by atoms with E-state index in [1.807, 2.05) is 30.3 Å². The third-order valence-electron chi connectivity index (χ3n) is 10.3. The highest BCUT2D eigenvalue weighted by Crippen LogP contribution is 2.41. The Balaban J connectivity index is 1.15. The molecule has 0 aliphatic rings. The van der Waals surface area contributed by atoms with Crippen molar-refractivity contribution in [2.24, 2.45) is 0 Å². The summed E-state index contributed by atoms with van der Waals surface area (Å²) < 4.78 is 0. The predicted molar refractivity (Wildman–Crippen MR) is 225 cm³/mol. The van der Waals surface area contributed by atoms with E-state index >= 15 is 0 Å². The lowest BCUT2D eigenvalue weighted by Gasteiger charge is -2.16. The van der Waals surface area contributed by atoms with E-state index in [1.54, 1.807) is 0 Å². The molecule has 10 rings (SSSR count). The Labute approximate surface area is 313 Å². The second-order valence-electron chi connectivity index (χ2n) is 13.6. The Morgan fingerprint density at radius 1 is 0.278 bits per heavy atom. The first-order valence-electron chi connectivity index (χ1n) is 18.3. The largest absolute Gasteiger partial charge is 0.248 e. The zero-order valence-corrected chi connectivity index (χ0v) is 29.4. The molecule has 10 aromatic rings. The first-order valence-corrected chi connectivity index (χ1v) is 18.3. The molecule has 0 aliphatic heterocycles. The minimum absolute atomic E-state index is 0.708. The van der Waals surface area contributed by atoms with E-state index in [9.17, 15) is 0 Å². The van der Waals surface area contributed by atoms with Crippen LogP contribution >= 0.6 is 0 Å². The molecule has 54 heavy (non-hydrogen) atoms. The molecule has 0 N–H and O–H groups in total. The summed E-state index contributed by atoms with van der Waals surface area (Å²) in [6.45, 7) is 0. The van der Waals surface area contributed by atoms with E-state index < -0.39 is 0 Å². The number of pyridine rings is 1. The van der Waals surface area contributed by atoms with Gasteiger partial charge in [-0.1, -0.05) is 176 Å². The molecule has 0 unspecified atom stereocenters. The average molecular weight is 688 g/mol. The lowest BCUT2D eigenvalue weighted by molar-refractivity contribution is 1.18. The SMILES string of the molecule is c1ccc(-c2cc(-c3ccc(-c4cccc(-c5cc(-c6ccccc6)nc6ccc7ccccc7c56)c4)c4ccccc34)nc(-c3ccccc3)n2)cc1. The first-order chi connectivity index (χ1) is 26.8. The van der Waals surface area contributed by atoms with Gasteiger partial charge in [-0.25, -0.2) is 15.0 Å². The molecule has 0 aliphatic carbocycles. The maximum atomic E-state index is 5.18. The Kier molecular flexibility index (Phi) is 7.81. The number of benzene rings is 8.